The quantitative estimate of drug-likeness (QED) is 0.168. The molecule has 0 spiro atoms. The van der Waals surface area contributed by atoms with Gasteiger partial charge in [0.25, 0.3) is 0 Å². The summed E-state index contributed by atoms with van der Waals surface area (Å²) in [5.74, 6) is 3.76. The highest BCUT2D eigenvalue weighted by atomic mass is 16.5. The molecule has 5 nitrogen and oxygen atoms in total. The molecule has 2 aromatic heterocycles. The number of nitrogens with zero attached hydrogens (tertiary/aromatic N) is 4. The van der Waals surface area contributed by atoms with Crippen LogP contribution in [0, 0.1) is 41.5 Å². The van der Waals surface area contributed by atoms with E-state index in [-0.39, 0.29) is 22.3 Å². The number of anilines is 1. The van der Waals surface area contributed by atoms with Gasteiger partial charge in [-0.3, -0.25) is 9.56 Å². The first-order valence-corrected chi connectivity index (χ1v) is 23.0. The molecule has 1 aliphatic heterocycles. The maximum Gasteiger partial charge on any atom is 0.137 e. The van der Waals surface area contributed by atoms with Crippen molar-refractivity contribution in [3.05, 3.63) is 158 Å². The summed E-state index contributed by atoms with van der Waals surface area (Å²) < 4.78 is 9.38. The fraction of sp³-hybridized carbons (Fsp3) is 0.379. The normalized spacial score (nSPS) is 18.7. The van der Waals surface area contributed by atoms with Gasteiger partial charge in [-0.25, -0.2) is 4.98 Å². The number of ether oxygens (including phenoxy) is 1. The average molecular weight is 835 g/mol. The molecule has 0 N–H and O–H groups in total. The molecule has 63 heavy (non-hydrogen) atoms. The Balaban J connectivity index is 1.23. The van der Waals surface area contributed by atoms with Crippen molar-refractivity contribution in [3.63, 3.8) is 0 Å². The highest BCUT2D eigenvalue weighted by molar-refractivity contribution is 6.15. The molecule has 9 rings (SSSR count). The summed E-state index contributed by atoms with van der Waals surface area (Å²) in [6.45, 7) is 36.6. The van der Waals surface area contributed by atoms with E-state index in [4.69, 9.17) is 14.7 Å². The molecule has 0 bridgehead atoms. The maximum atomic E-state index is 7.07. The Hall–Kier alpha value is -5.68. The number of aliphatic imine (C=N–C) groups is 1. The molecular weight excluding hydrogens is 769 g/mol. The molecule has 2 atom stereocenters. The van der Waals surface area contributed by atoms with Crippen molar-refractivity contribution in [1.82, 2.24) is 9.55 Å². The highest BCUT2D eigenvalue weighted by Gasteiger charge is 2.61. The summed E-state index contributed by atoms with van der Waals surface area (Å²) in [7, 11) is 0. The number of aryl methyl sites for hydroxylation is 3. The van der Waals surface area contributed by atoms with Crippen LogP contribution in [-0.4, -0.2) is 20.9 Å². The van der Waals surface area contributed by atoms with Gasteiger partial charge in [-0.15, -0.1) is 0 Å². The third-order valence-electron chi connectivity index (χ3n) is 15.1. The number of benzene rings is 5. The zero-order valence-electron chi connectivity index (χ0n) is 40.6. The minimum Gasteiger partial charge on any atom is -0.457 e. The predicted octanol–water partition coefficient (Wildman–Crippen LogP) is 15.0. The fourth-order valence-corrected chi connectivity index (χ4v) is 10.5. The van der Waals surface area contributed by atoms with Gasteiger partial charge in [-0.2, -0.15) is 0 Å². The molecule has 0 saturated heterocycles. The van der Waals surface area contributed by atoms with E-state index in [1.54, 1.807) is 0 Å². The molecule has 324 valence electrons. The SMILES string of the molecule is Cc1ccc2c(c1C)C[C@]1(C)N(c3c(C)c(C)cc(C)c3C)C(c3cc(Oc4ccc5c6cc(C(C)(C)C)ccc6n(-c6cc(C(C)(C)C)ccn6)c5c4)cc(C(C)C)c3)=N[C@]21C. The number of hydrogen-bond donors (Lipinski definition) is 0. The Morgan fingerprint density at radius 2 is 1.32 bits per heavy atom. The molecule has 0 fully saturated rings. The van der Waals surface area contributed by atoms with E-state index in [1.165, 1.54) is 77.7 Å². The number of amidine groups is 1. The van der Waals surface area contributed by atoms with Crippen molar-refractivity contribution in [3.8, 4) is 17.3 Å². The molecule has 1 aliphatic carbocycles. The minimum atomic E-state index is -0.467. The van der Waals surface area contributed by atoms with Crippen LogP contribution in [0.5, 0.6) is 11.5 Å². The second-order valence-electron chi connectivity index (χ2n) is 21.6. The van der Waals surface area contributed by atoms with Gasteiger partial charge in [0.2, 0.25) is 0 Å². The summed E-state index contributed by atoms with van der Waals surface area (Å²) in [6.07, 6.45) is 2.86. The van der Waals surface area contributed by atoms with Gasteiger partial charge in [0.15, 0.2) is 0 Å². The van der Waals surface area contributed by atoms with Crippen molar-refractivity contribution in [2.75, 3.05) is 4.90 Å². The highest BCUT2D eigenvalue weighted by Crippen LogP contribution is 2.58. The molecule has 2 aliphatic rings. The minimum absolute atomic E-state index is 0.0127. The van der Waals surface area contributed by atoms with Crippen LogP contribution in [0.1, 0.15) is 142 Å². The zero-order valence-corrected chi connectivity index (χ0v) is 40.6. The van der Waals surface area contributed by atoms with Crippen LogP contribution in [0.15, 0.2) is 96.1 Å². The van der Waals surface area contributed by atoms with E-state index in [1.807, 2.05) is 6.20 Å². The van der Waals surface area contributed by atoms with Crippen LogP contribution < -0.4 is 9.64 Å². The molecule has 0 unspecified atom stereocenters. The lowest BCUT2D eigenvalue weighted by atomic mass is 9.79. The number of pyridine rings is 1. The molecular formula is C58H66N4O. The Bertz CT molecular complexity index is 3030. The van der Waals surface area contributed by atoms with Crippen molar-refractivity contribution >= 4 is 33.3 Å². The predicted molar refractivity (Wildman–Crippen MR) is 266 cm³/mol. The van der Waals surface area contributed by atoms with Crippen molar-refractivity contribution in [1.29, 1.82) is 0 Å². The van der Waals surface area contributed by atoms with Gasteiger partial charge in [0.1, 0.15) is 28.7 Å². The van der Waals surface area contributed by atoms with Crippen LogP contribution in [0.25, 0.3) is 27.6 Å². The third kappa shape index (κ3) is 6.63. The number of rotatable bonds is 6. The van der Waals surface area contributed by atoms with Crippen LogP contribution in [-0.2, 0) is 22.8 Å². The lowest BCUT2D eigenvalue weighted by molar-refractivity contribution is 0.321. The summed E-state index contributed by atoms with van der Waals surface area (Å²) in [6, 6.07) is 31.6. The average Bonchev–Trinajstić information content (AvgIpc) is 3.75. The smallest absolute Gasteiger partial charge is 0.137 e. The van der Waals surface area contributed by atoms with E-state index >= 15 is 0 Å². The van der Waals surface area contributed by atoms with E-state index in [9.17, 15) is 0 Å². The zero-order chi connectivity index (χ0) is 45.3. The lowest BCUT2D eigenvalue weighted by Crippen LogP contribution is -2.54. The summed E-state index contributed by atoms with van der Waals surface area (Å²) >= 11 is 0. The van der Waals surface area contributed by atoms with Gasteiger partial charge in [-0.05, 0) is 194 Å². The van der Waals surface area contributed by atoms with E-state index in [0.29, 0.717) is 0 Å². The Morgan fingerprint density at radius 3 is 1.98 bits per heavy atom. The summed E-state index contributed by atoms with van der Waals surface area (Å²) in [5.41, 5.74) is 18.2. The second-order valence-corrected chi connectivity index (χ2v) is 21.6. The van der Waals surface area contributed by atoms with Gasteiger partial charge in [-0.1, -0.05) is 79.7 Å². The molecule has 0 amide bonds. The maximum absolute atomic E-state index is 7.07. The topological polar surface area (TPSA) is 42.6 Å². The Kier molecular flexibility index (Phi) is 9.75. The van der Waals surface area contributed by atoms with Crippen LogP contribution in [0.4, 0.5) is 5.69 Å². The van der Waals surface area contributed by atoms with Crippen molar-refractivity contribution in [2.45, 2.75) is 145 Å². The second kappa shape index (κ2) is 14.4. The summed E-state index contributed by atoms with van der Waals surface area (Å²) in [5, 5.41) is 2.39. The lowest BCUT2D eigenvalue weighted by Gasteiger charge is -2.43. The summed E-state index contributed by atoms with van der Waals surface area (Å²) in [4.78, 5) is 13.5. The Morgan fingerprint density at radius 1 is 0.635 bits per heavy atom. The first-order chi connectivity index (χ1) is 29.5. The van der Waals surface area contributed by atoms with E-state index in [2.05, 4.69) is 205 Å². The standard InChI is InChI=1S/C58H66N4O/c1-33(2)40-26-41(54-60-58(16)49-21-17-34(3)37(6)48(49)32-57(58,15)62(54)53-38(7)35(4)25-36(5)39(53)8)28-45(27-40)63-44-19-20-46-47-29-42(55(9,10)11)18-22-50(47)61(51(46)31-44)52-30-43(23-24-59-52)56(12,13)14/h17-31,33H,32H2,1-16H3/t57-,58+/m0/s1. The fourth-order valence-electron chi connectivity index (χ4n) is 10.5. The Labute approximate surface area is 376 Å². The number of fused-ring (bicyclic) bond motifs is 6. The van der Waals surface area contributed by atoms with Crippen molar-refractivity contribution in [2.24, 2.45) is 4.99 Å². The molecule has 0 radical (unpaired) electrons. The van der Waals surface area contributed by atoms with E-state index < -0.39 is 5.54 Å². The molecule has 7 aromatic rings. The molecule has 5 heteroatoms. The van der Waals surface area contributed by atoms with E-state index in [0.717, 1.165) is 46.2 Å². The van der Waals surface area contributed by atoms with Gasteiger partial charge in [0, 0.05) is 34.3 Å². The first kappa shape index (κ1) is 42.6. The molecule has 5 aromatic carbocycles. The largest absolute Gasteiger partial charge is 0.457 e. The van der Waals surface area contributed by atoms with Gasteiger partial charge in [0.05, 0.1) is 16.6 Å². The van der Waals surface area contributed by atoms with Crippen LogP contribution >= 0.6 is 0 Å². The van der Waals surface area contributed by atoms with Gasteiger partial charge >= 0.3 is 0 Å². The number of hydrogen-bond acceptors (Lipinski definition) is 4. The van der Waals surface area contributed by atoms with Crippen LogP contribution in [0.3, 0.4) is 0 Å². The van der Waals surface area contributed by atoms with Crippen LogP contribution in [0.2, 0.25) is 0 Å². The molecule has 0 saturated carbocycles. The van der Waals surface area contributed by atoms with Gasteiger partial charge < -0.3 is 9.64 Å². The monoisotopic (exact) mass is 835 g/mol. The third-order valence-corrected chi connectivity index (χ3v) is 15.1. The molecule has 3 heterocycles. The number of aromatic nitrogens is 2. The first-order valence-electron chi connectivity index (χ1n) is 23.0. The van der Waals surface area contributed by atoms with Crippen molar-refractivity contribution < 1.29 is 4.74 Å².